The molecule has 0 radical (unpaired) electrons. The Bertz CT molecular complexity index is 1010. The van der Waals surface area contributed by atoms with Gasteiger partial charge in [0.05, 0.1) is 16.9 Å². The van der Waals surface area contributed by atoms with Crippen LogP contribution in [0, 0.1) is 6.92 Å². The quantitative estimate of drug-likeness (QED) is 0.750. The first-order chi connectivity index (χ1) is 13.9. The molecule has 4 rings (SSSR count). The molecule has 0 bridgehead atoms. The Morgan fingerprint density at radius 2 is 2.14 bits per heavy atom. The first-order valence-electron chi connectivity index (χ1n) is 9.37. The number of amides is 2. The molecule has 0 aliphatic carbocycles. The maximum atomic E-state index is 12.4. The Kier molecular flexibility index (Phi) is 5.15. The molecular weight excluding hydrogens is 394 g/mol. The molecule has 1 saturated heterocycles. The molecule has 0 unspecified atom stereocenters. The van der Waals surface area contributed by atoms with Crippen LogP contribution >= 0.6 is 11.6 Å². The molecule has 2 heterocycles. The number of carbonyl (C=O) groups excluding carboxylic acids is 3. The largest absolute Gasteiger partial charge is 0.452 e. The minimum Gasteiger partial charge on any atom is -0.452 e. The van der Waals surface area contributed by atoms with Crippen LogP contribution in [0.3, 0.4) is 0 Å². The van der Waals surface area contributed by atoms with Crippen molar-refractivity contribution in [2.24, 2.45) is 0 Å². The molecule has 0 aromatic heterocycles. The Balaban J connectivity index is 1.40. The van der Waals surface area contributed by atoms with E-state index in [0.717, 1.165) is 30.6 Å². The van der Waals surface area contributed by atoms with Gasteiger partial charge >= 0.3 is 5.97 Å². The lowest BCUT2D eigenvalue weighted by Crippen LogP contribution is -2.43. The molecule has 0 spiro atoms. The standard InChI is InChI=1S/C21H20ClN3O4/c1-12-14(22)4-2-5-15(12)23-19(26)11-29-21(28)13-7-8-17-16(10-13)24-20(27)18-6-3-9-25(17)18/h2,4-5,7-8,10,18H,3,6,9,11H2,1H3,(H,23,26)(H,24,27)/t18-/m1/s1. The van der Waals surface area contributed by atoms with Gasteiger partial charge in [0.15, 0.2) is 6.61 Å². The predicted octanol–water partition coefficient (Wildman–Crippen LogP) is 3.36. The van der Waals surface area contributed by atoms with Crippen molar-refractivity contribution in [2.75, 3.05) is 28.7 Å². The second-order valence-corrected chi connectivity index (χ2v) is 7.52. The van der Waals surface area contributed by atoms with Crippen molar-refractivity contribution in [2.45, 2.75) is 25.8 Å². The molecule has 1 atom stereocenters. The zero-order chi connectivity index (χ0) is 20.5. The molecule has 150 valence electrons. The molecule has 8 heteroatoms. The number of carbonyl (C=O) groups is 3. The number of rotatable bonds is 4. The van der Waals surface area contributed by atoms with E-state index in [4.69, 9.17) is 16.3 Å². The molecule has 29 heavy (non-hydrogen) atoms. The summed E-state index contributed by atoms with van der Waals surface area (Å²) in [4.78, 5) is 38.8. The topological polar surface area (TPSA) is 87.7 Å². The molecule has 2 aliphatic heterocycles. The van der Waals surface area contributed by atoms with Crippen LogP contribution in [0.1, 0.15) is 28.8 Å². The minimum atomic E-state index is -0.636. The molecule has 0 saturated carbocycles. The molecule has 2 amide bonds. The van der Waals surface area contributed by atoms with Crippen molar-refractivity contribution >= 4 is 46.4 Å². The highest BCUT2D eigenvalue weighted by atomic mass is 35.5. The highest BCUT2D eigenvalue weighted by Crippen LogP contribution is 2.37. The van der Waals surface area contributed by atoms with Gasteiger partial charge in [-0.15, -0.1) is 0 Å². The molecule has 2 aromatic rings. The lowest BCUT2D eigenvalue weighted by atomic mass is 10.1. The fourth-order valence-corrected chi connectivity index (χ4v) is 3.88. The average molecular weight is 414 g/mol. The summed E-state index contributed by atoms with van der Waals surface area (Å²) in [5, 5.41) is 6.07. The lowest BCUT2D eigenvalue weighted by Gasteiger charge is -2.33. The van der Waals surface area contributed by atoms with Crippen molar-refractivity contribution in [3.63, 3.8) is 0 Å². The Morgan fingerprint density at radius 1 is 1.31 bits per heavy atom. The maximum Gasteiger partial charge on any atom is 0.338 e. The highest BCUT2D eigenvalue weighted by molar-refractivity contribution is 6.31. The van der Waals surface area contributed by atoms with Crippen molar-refractivity contribution in [1.82, 2.24) is 0 Å². The summed E-state index contributed by atoms with van der Waals surface area (Å²) in [7, 11) is 0. The molecule has 2 N–H and O–H groups in total. The zero-order valence-corrected chi connectivity index (χ0v) is 16.6. The van der Waals surface area contributed by atoms with Gasteiger partial charge in [-0.25, -0.2) is 4.79 Å². The van der Waals surface area contributed by atoms with E-state index in [0.29, 0.717) is 16.4 Å². The number of nitrogens with one attached hydrogen (secondary N) is 2. The van der Waals surface area contributed by atoms with Crippen molar-refractivity contribution in [3.05, 3.63) is 52.5 Å². The summed E-state index contributed by atoms with van der Waals surface area (Å²) in [5.41, 5.74) is 3.06. The summed E-state index contributed by atoms with van der Waals surface area (Å²) < 4.78 is 5.13. The monoisotopic (exact) mass is 413 g/mol. The van der Waals surface area contributed by atoms with Crippen molar-refractivity contribution in [1.29, 1.82) is 0 Å². The number of fused-ring (bicyclic) bond motifs is 3. The van der Waals surface area contributed by atoms with E-state index in [2.05, 4.69) is 15.5 Å². The van der Waals surface area contributed by atoms with Crippen LogP contribution in [0.4, 0.5) is 17.1 Å². The number of hydrogen-bond acceptors (Lipinski definition) is 5. The number of hydrogen-bond donors (Lipinski definition) is 2. The number of halogens is 1. The van der Waals surface area contributed by atoms with Gasteiger partial charge in [0.1, 0.15) is 6.04 Å². The zero-order valence-electron chi connectivity index (χ0n) is 15.8. The molecule has 2 aliphatic rings. The number of nitrogens with zero attached hydrogens (tertiary/aromatic N) is 1. The van der Waals surface area contributed by atoms with Crippen LogP contribution in [0.5, 0.6) is 0 Å². The summed E-state index contributed by atoms with van der Waals surface area (Å²) >= 11 is 6.04. The van der Waals surface area contributed by atoms with Gasteiger partial charge in [0, 0.05) is 17.3 Å². The van der Waals surface area contributed by atoms with E-state index >= 15 is 0 Å². The van der Waals surface area contributed by atoms with Gasteiger partial charge in [-0.3, -0.25) is 9.59 Å². The first-order valence-corrected chi connectivity index (χ1v) is 9.75. The molecule has 2 aromatic carbocycles. The van der Waals surface area contributed by atoms with Crippen LogP contribution in [0.2, 0.25) is 5.02 Å². The highest BCUT2D eigenvalue weighted by Gasteiger charge is 2.36. The third-order valence-corrected chi connectivity index (χ3v) is 5.64. The van der Waals surface area contributed by atoms with Crippen LogP contribution in [0.25, 0.3) is 0 Å². The van der Waals surface area contributed by atoms with E-state index in [1.165, 1.54) is 0 Å². The normalized spacial score (nSPS) is 17.2. The fourth-order valence-electron chi connectivity index (χ4n) is 3.70. The van der Waals surface area contributed by atoms with E-state index in [1.807, 2.05) is 0 Å². The SMILES string of the molecule is Cc1c(Cl)cccc1NC(=O)COC(=O)c1ccc2c(c1)NC(=O)[C@H]1CCCN21. The summed E-state index contributed by atoms with van der Waals surface area (Å²) in [6.07, 6.45) is 1.79. The maximum absolute atomic E-state index is 12.4. The summed E-state index contributed by atoms with van der Waals surface area (Å²) in [5.74, 6) is -1.16. The van der Waals surface area contributed by atoms with Crippen LogP contribution < -0.4 is 15.5 Å². The second-order valence-electron chi connectivity index (χ2n) is 7.11. The van der Waals surface area contributed by atoms with Gasteiger partial charge in [0.25, 0.3) is 5.91 Å². The van der Waals surface area contributed by atoms with Crippen molar-refractivity contribution < 1.29 is 19.1 Å². The van der Waals surface area contributed by atoms with Gasteiger partial charge in [0.2, 0.25) is 5.91 Å². The number of benzene rings is 2. The lowest BCUT2D eigenvalue weighted by molar-refractivity contribution is -0.119. The average Bonchev–Trinajstić information content (AvgIpc) is 3.20. The van der Waals surface area contributed by atoms with Gasteiger partial charge in [-0.2, -0.15) is 0 Å². The van der Waals surface area contributed by atoms with Crippen LogP contribution in [0.15, 0.2) is 36.4 Å². The van der Waals surface area contributed by atoms with Crippen LogP contribution in [-0.2, 0) is 14.3 Å². The Labute approximate surface area is 173 Å². The number of anilines is 3. The Hall–Kier alpha value is -3.06. The van der Waals surface area contributed by atoms with E-state index in [9.17, 15) is 14.4 Å². The predicted molar refractivity (Wildman–Crippen MR) is 111 cm³/mol. The van der Waals surface area contributed by atoms with E-state index in [1.54, 1.807) is 43.3 Å². The fraction of sp³-hybridized carbons (Fsp3) is 0.286. The first kappa shape index (κ1) is 19.3. The second kappa shape index (κ2) is 7.75. The van der Waals surface area contributed by atoms with Gasteiger partial charge in [-0.05, 0) is 55.7 Å². The van der Waals surface area contributed by atoms with Gasteiger partial charge < -0.3 is 20.3 Å². The molecule has 7 nitrogen and oxygen atoms in total. The van der Waals surface area contributed by atoms with E-state index < -0.39 is 18.5 Å². The Morgan fingerprint density at radius 3 is 2.97 bits per heavy atom. The van der Waals surface area contributed by atoms with Gasteiger partial charge in [-0.1, -0.05) is 17.7 Å². The molecule has 1 fully saturated rings. The number of esters is 1. The summed E-state index contributed by atoms with van der Waals surface area (Å²) in [6, 6.07) is 10.1. The third-order valence-electron chi connectivity index (χ3n) is 5.23. The van der Waals surface area contributed by atoms with E-state index in [-0.39, 0.29) is 17.5 Å². The third kappa shape index (κ3) is 3.78. The minimum absolute atomic E-state index is 0.0585. The van der Waals surface area contributed by atoms with Crippen LogP contribution in [-0.4, -0.2) is 37.0 Å². The number of ether oxygens (including phenoxy) is 1. The summed E-state index contributed by atoms with van der Waals surface area (Å²) in [6.45, 7) is 2.18. The van der Waals surface area contributed by atoms with Crippen molar-refractivity contribution in [3.8, 4) is 0 Å². The smallest absolute Gasteiger partial charge is 0.338 e. The molecular formula is C21H20ClN3O4.